The van der Waals surface area contributed by atoms with Gasteiger partial charge in [0.25, 0.3) is 5.91 Å². The lowest BCUT2D eigenvalue weighted by atomic mass is 9.95. The molecule has 15 heteroatoms. The van der Waals surface area contributed by atoms with Crippen LogP contribution >= 0.6 is 0 Å². The Kier molecular flexibility index (Phi) is 9.12. The fourth-order valence-corrected chi connectivity index (χ4v) is 8.10. The zero-order chi connectivity index (χ0) is 40.2. The molecule has 294 valence electrons. The van der Waals surface area contributed by atoms with Gasteiger partial charge < -0.3 is 35.6 Å². The fraction of sp³-hybridized carbons (Fsp3) is 0.227. The predicted molar refractivity (Wildman–Crippen MR) is 222 cm³/mol. The van der Waals surface area contributed by atoms with Crippen molar-refractivity contribution in [3.63, 3.8) is 0 Å². The Morgan fingerprint density at radius 3 is 2.22 bits per heavy atom. The summed E-state index contributed by atoms with van der Waals surface area (Å²) in [4.78, 5) is 58.7. The number of carbonyl (C=O) groups excluding carboxylic acids is 1. The zero-order valence-corrected chi connectivity index (χ0v) is 32.1. The Labute approximate surface area is 336 Å². The number of rotatable bonds is 9. The number of unbranched alkanes of at least 4 members (excludes halogenated alkanes) is 1. The van der Waals surface area contributed by atoms with Gasteiger partial charge in [-0.15, -0.1) is 0 Å². The molecule has 0 saturated carbocycles. The van der Waals surface area contributed by atoms with Crippen LogP contribution in [0.4, 0.5) is 0 Å². The van der Waals surface area contributed by atoms with Gasteiger partial charge in [0.05, 0.1) is 25.4 Å². The van der Waals surface area contributed by atoms with E-state index < -0.39 is 0 Å². The number of benzene rings is 3. The van der Waals surface area contributed by atoms with Gasteiger partial charge in [0.2, 0.25) is 0 Å². The molecule has 0 atom stereocenters. The molecule has 0 fully saturated rings. The minimum absolute atomic E-state index is 0.0837. The van der Waals surface area contributed by atoms with Gasteiger partial charge in [-0.1, -0.05) is 42.5 Å². The van der Waals surface area contributed by atoms with Gasteiger partial charge in [0.15, 0.2) is 23.3 Å². The van der Waals surface area contributed by atoms with Crippen LogP contribution in [0.25, 0.3) is 78.9 Å². The fourth-order valence-electron chi connectivity index (χ4n) is 8.10. The van der Waals surface area contributed by atoms with Crippen molar-refractivity contribution in [3.8, 4) is 45.6 Å². The Hall–Kier alpha value is -6.94. The molecule has 6 heterocycles. The summed E-state index contributed by atoms with van der Waals surface area (Å²) in [5, 5.41) is 34.9. The highest BCUT2D eigenvalue weighted by Crippen LogP contribution is 2.39. The number of amides is 1. The van der Waals surface area contributed by atoms with Crippen LogP contribution < -0.4 is 5.32 Å². The third kappa shape index (κ3) is 6.54. The summed E-state index contributed by atoms with van der Waals surface area (Å²) < 4.78 is 0. The number of aliphatic hydroxyl groups is 3. The topological polar surface area (TPSA) is 227 Å². The maximum atomic E-state index is 14.0. The van der Waals surface area contributed by atoms with E-state index in [2.05, 4.69) is 25.3 Å². The Balaban J connectivity index is 1.19. The number of allylic oxidation sites excluding steroid dienone is 1. The molecule has 3 aromatic carbocycles. The highest BCUT2D eigenvalue weighted by molar-refractivity contribution is 6.07. The van der Waals surface area contributed by atoms with E-state index in [9.17, 15) is 20.1 Å². The van der Waals surface area contributed by atoms with Gasteiger partial charge in [0.1, 0.15) is 28.4 Å². The molecular formula is C44H39N11O4. The number of imidazole rings is 1. The van der Waals surface area contributed by atoms with E-state index in [-0.39, 0.29) is 25.7 Å². The molecule has 0 spiro atoms. The standard InChI is InChI=1S/C44H39N11O4/c1-22-46-18-26(47-22)5-2-3-14-45-44(59)31-7-4-6-30-35(31)43-54-38-29-13-10-25(21-58)17-34(29)42(52-38)53-41-33-16-24(20-57)9-12-28(33)37(51-41)50-40-32-15-23(19-56)8-11-27(32)36(49-40)48-39(30)55-43/h4,6-10,12-13,16-18,56-58H,2-3,5,11,14-15,19-21H2,1H3,(H,45,59)(H,46,47)(H2,48,49,50,51,52,53,54,55). The van der Waals surface area contributed by atoms with Gasteiger partial charge in [-0.3, -0.25) is 4.79 Å². The third-order valence-corrected chi connectivity index (χ3v) is 11.1. The molecule has 15 nitrogen and oxygen atoms in total. The monoisotopic (exact) mass is 785 g/mol. The first-order valence-electron chi connectivity index (χ1n) is 19.6. The quantitative estimate of drug-likeness (QED) is 0.0714. The molecule has 59 heavy (non-hydrogen) atoms. The van der Waals surface area contributed by atoms with Crippen LogP contribution in [-0.2, 0) is 32.5 Å². The lowest BCUT2D eigenvalue weighted by Gasteiger charge is -2.11. The van der Waals surface area contributed by atoms with Crippen LogP contribution in [0.1, 0.15) is 57.0 Å². The minimum atomic E-state index is -0.249. The molecule has 0 saturated heterocycles. The number of carbonyl (C=O) groups is 1. The molecule has 8 bridgehead atoms. The van der Waals surface area contributed by atoms with E-state index in [4.69, 9.17) is 29.9 Å². The summed E-state index contributed by atoms with van der Waals surface area (Å²) in [7, 11) is 0. The smallest absolute Gasteiger partial charge is 0.252 e. The van der Waals surface area contributed by atoms with Gasteiger partial charge in [0, 0.05) is 62.6 Å². The summed E-state index contributed by atoms with van der Waals surface area (Å²) in [6.45, 7) is 1.98. The molecule has 1 aliphatic carbocycles. The van der Waals surface area contributed by atoms with Crippen LogP contribution in [0.15, 0.2) is 72.4 Å². The highest BCUT2D eigenvalue weighted by atomic mass is 16.3. The van der Waals surface area contributed by atoms with Crippen molar-refractivity contribution in [2.45, 2.75) is 52.2 Å². The molecule has 0 unspecified atom stereocenters. The number of aromatic nitrogens is 10. The van der Waals surface area contributed by atoms with E-state index in [1.165, 1.54) is 0 Å². The van der Waals surface area contributed by atoms with Crippen molar-refractivity contribution in [1.29, 1.82) is 0 Å². The van der Waals surface area contributed by atoms with Gasteiger partial charge in [-0.25, -0.2) is 34.9 Å². The number of fused-ring (bicyclic) bond motifs is 20. The van der Waals surface area contributed by atoms with Crippen molar-refractivity contribution >= 4 is 39.3 Å². The molecular weight excluding hydrogens is 747 g/mol. The van der Waals surface area contributed by atoms with Crippen molar-refractivity contribution in [3.05, 3.63) is 112 Å². The number of aryl methyl sites for hydroxylation is 2. The maximum Gasteiger partial charge on any atom is 0.252 e. The molecule has 3 aliphatic rings. The van der Waals surface area contributed by atoms with E-state index in [1.807, 2.05) is 67.7 Å². The van der Waals surface area contributed by atoms with Crippen molar-refractivity contribution in [2.75, 3.05) is 13.2 Å². The number of nitrogens with zero attached hydrogens (tertiary/aromatic N) is 7. The molecule has 7 aromatic rings. The van der Waals surface area contributed by atoms with Gasteiger partial charge in [-0.2, -0.15) is 0 Å². The Bertz CT molecular complexity index is 3050. The number of aliphatic hydroxyl groups excluding tert-OH is 3. The Morgan fingerprint density at radius 1 is 0.695 bits per heavy atom. The maximum absolute atomic E-state index is 14.0. The number of nitrogens with one attached hydrogen (secondary N) is 4. The van der Waals surface area contributed by atoms with Crippen LogP contribution in [-0.4, -0.2) is 84.2 Å². The average Bonchev–Trinajstić information content (AvgIpc) is 4.08. The minimum Gasteiger partial charge on any atom is -0.392 e. The summed E-state index contributed by atoms with van der Waals surface area (Å²) in [5.41, 5.74) is 10.2. The van der Waals surface area contributed by atoms with Crippen LogP contribution in [0.2, 0.25) is 0 Å². The second-order valence-electron chi connectivity index (χ2n) is 15.0. The number of hydrogen-bond donors (Lipinski definition) is 7. The summed E-state index contributed by atoms with van der Waals surface area (Å²) in [6, 6.07) is 16.6. The Morgan fingerprint density at radius 2 is 1.41 bits per heavy atom. The molecule has 4 aromatic heterocycles. The third-order valence-electron chi connectivity index (χ3n) is 11.1. The van der Waals surface area contributed by atoms with E-state index in [0.29, 0.717) is 104 Å². The van der Waals surface area contributed by atoms with E-state index in [1.54, 1.807) is 6.07 Å². The van der Waals surface area contributed by atoms with Crippen LogP contribution in [0, 0.1) is 6.92 Å². The lowest BCUT2D eigenvalue weighted by Crippen LogP contribution is -2.25. The van der Waals surface area contributed by atoms with E-state index in [0.717, 1.165) is 58.4 Å². The van der Waals surface area contributed by atoms with E-state index >= 15 is 0 Å². The number of H-pyrrole nitrogens is 3. The van der Waals surface area contributed by atoms with Crippen LogP contribution in [0.3, 0.4) is 0 Å². The van der Waals surface area contributed by atoms with Gasteiger partial charge in [-0.05, 0) is 73.9 Å². The summed E-state index contributed by atoms with van der Waals surface area (Å²) >= 11 is 0. The lowest BCUT2D eigenvalue weighted by molar-refractivity contribution is 0.0953. The first-order chi connectivity index (χ1) is 28.9. The van der Waals surface area contributed by atoms with Crippen molar-refractivity contribution < 1.29 is 20.1 Å². The second kappa shape index (κ2) is 14.8. The summed E-state index contributed by atoms with van der Waals surface area (Å²) in [5.74, 6) is 2.11. The second-order valence-corrected chi connectivity index (χ2v) is 15.0. The highest BCUT2D eigenvalue weighted by Gasteiger charge is 2.28. The van der Waals surface area contributed by atoms with Gasteiger partial charge >= 0.3 is 0 Å². The predicted octanol–water partition coefficient (Wildman–Crippen LogP) is 5.50. The molecule has 10 rings (SSSR count). The van der Waals surface area contributed by atoms with Crippen LogP contribution in [0.5, 0.6) is 0 Å². The molecule has 0 radical (unpaired) electrons. The number of hydrogen-bond acceptors (Lipinski definition) is 11. The molecule has 2 aliphatic heterocycles. The largest absolute Gasteiger partial charge is 0.392 e. The first kappa shape index (κ1) is 36.4. The zero-order valence-electron chi connectivity index (χ0n) is 32.1. The molecule has 7 N–H and O–H groups in total. The number of aromatic amines is 3. The van der Waals surface area contributed by atoms with Crippen molar-refractivity contribution in [1.82, 2.24) is 55.2 Å². The molecule has 1 amide bonds. The van der Waals surface area contributed by atoms with Crippen molar-refractivity contribution in [2.24, 2.45) is 0 Å². The summed E-state index contributed by atoms with van der Waals surface area (Å²) in [6.07, 6.45) is 7.33. The normalized spacial score (nSPS) is 12.9. The first-order valence-corrected chi connectivity index (χ1v) is 19.6. The average molecular weight is 786 g/mol. The SMILES string of the molecule is Cc1ncc(CCCCNC(=O)c2cccc3c2-c2nc-3nc3[nH]c(nc4nc(nc5[nH]c(n2)c2ccc(CO)cc52)-c2cc(CO)ccc2-4)c2c3CC=C(CO)C2)[nH]1.